The molecule has 5 rings (SSSR count). The Kier molecular flexibility index (Phi) is 16.8. The molecular weight excluding hydrogens is 707 g/mol. The summed E-state index contributed by atoms with van der Waals surface area (Å²) in [5.41, 5.74) is 2.47. The average Bonchev–Trinajstić information content (AvgIpc) is 3.05. The third kappa shape index (κ3) is 14.0. The predicted molar refractivity (Wildman–Crippen MR) is 188 cm³/mol. The molecule has 7 nitrogen and oxygen atoms in total. The van der Waals surface area contributed by atoms with Crippen molar-refractivity contribution in [2.24, 2.45) is 15.0 Å². The van der Waals surface area contributed by atoms with Crippen molar-refractivity contribution in [3.63, 3.8) is 0 Å². The van der Waals surface area contributed by atoms with Crippen molar-refractivity contribution in [2.45, 2.75) is 70.6 Å². The van der Waals surface area contributed by atoms with E-state index in [0.717, 1.165) is 24.8 Å². The van der Waals surface area contributed by atoms with Crippen LogP contribution in [0.5, 0.6) is 5.75 Å². The molecule has 1 aliphatic carbocycles. The van der Waals surface area contributed by atoms with Gasteiger partial charge in [0, 0.05) is 18.6 Å². The molecule has 0 amide bonds. The molecule has 50 heavy (non-hydrogen) atoms. The van der Waals surface area contributed by atoms with E-state index in [-0.39, 0.29) is 40.9 Å². The van der Waals surface area contributed by atoms with Crippen molar-refractivity contribution < 1.29 is 48.3 Å². The van der Waals surface area contributed by atoms with Gasteiger partial charge in [0.15, 0.2) is 10.1 Å². The van der Waals surface area contributed by atoms with Gasteiger partial charge >= 0.3 is 22.6 Å². The molecule has 4 aromatic carbocycles. The molecule has 0 saturated heterocycles. The van der Waals surface area contributed by atoms with Crippen molar-refractivity contribution in [3.05, 3.63) is 136 Å². The minimum atomic E-state index is -6.09. The van der Waals surface area contributed by atoms with Crippen LogP contribution in [0.1, 0.15) is 58.2 Å². The van der Waals surface area contributed by atoms with Crippen molar-refractivity contribution in [3.8, 4) is 5.75 Å². The molecule has 0 atom stereocenters. The summed E-state index contributed by atoms with van der Waals surface area (Å²) >= 11 is 0. The number of alkyl halides is 3. The molecule has 1 saturated carbocycles. The van der Waals surface area contributed by atoms with Gasteiger partial charge in [-0.1, -0.05) is 103 Å². The number of rotatable bonds is 6. The standard InChI is InChI=1S/C30H33N3.C7H8O.CHF3O3S.Fe/c1-22-10-4-7-13-25(22)19-31-28-16-29(32-20-26-14-8-5-11-23(26)2)18-30(17-28)33-21-27-15-9-6-12-24(27)3;1-6-4-2-3-5-7(6)8;2-1(3,4)8(5,6)7;/h4-15,19-21,28-30H,16-18H2,1-3H3;2-5,8H,1H3;(H,5,6,7);/q;;;+2/p-2. The maximum absolute atomic E-state index is 10.7. The minimum Gasteiger partial charge on any atom is -0.872 e. The quantitative estimate of drug-likeness (QED) is 0.0871. The van der Waals surface area contributed by atoms with Crippen LogP contribution < -0.4 is 5.11 Å². The second kappa shape index (κ2) is 19.9. The largest absolute Gasteiger partial charge is 2.00 e. The molecule has 1 fully saturated rings. The Labute approximate surface area is 303 Å². The van der Waals surface area contributed by atoms with Crippen molar-refractivity contribution >= 4 is 28.8 Å². The summed E-state index contributed by atoms with van der Waals surface area (Å²) in [6, 6.07) is 32.8. The van der Waals surface area contributed by atoms with Gasteiger partial charge in [-0.15, -0.1) is 5.75 Å². The molecule has 4 aromatic rings. The first-order valence-corrected chi connectivity index (χ1v) is 17.1. The number of hydrogen-bond donors (Lipinski definition) is 0. The molecule has 0 bridgehead atoms. The van der Waals surface area contributed by atoms with Gasteiger partial charge < -0.3 is 9.66 Å². The van der Waals surface area contributed by atoms with Crippen molar-refractivity contribution in [1.82, 2.24) is 0 Å². The number of aliphatic imine (C=N–C) groups is 3. The summed E-state index contributed by atoms with van der Waals surface area (Å²) in [6.07, 6.45) is 8.99. The van der Waals surface area contributed by atoms with Gasteiger partial charge in [-0.3, -0.25) is 15.0 Å². The summed E-state index contributed by atoms with van der Waals surface area (Å²) in [7, 11) is -6.09. The van der Waals surface area contributed by atoms with Gasteiger partial charge in [0.2, 0.25) is 0 Å². The van der Waals surface area contributed by atoms with Crippen LogP contribution in [0.4, 0.5) is 13.2 Å². The van der Waals surface area contributed by atoms with E-state index in [1.54, 1.807) is 12.1 Å². The Morgan fingerprint density at radius 1 is 0.580 bits per heavy atom. The first-order valence-electron chi connectivity index (χ1n) is 15.6. The summed E-state index contributed by atoms with van der Waals surface area (Å²) < 4.78 is 58.9. The normalized spacial score (nSPS) is 17.8. The number of hydrogen-bond acceptors (Lipinski definition) is 7. The molecule has 0 aromatic heterocycles. The van der Waals surface area contributed by atoms with E-state index in [0.29, 0.717) is 0 Å². The zero-order chi connectivity index (χ0) is 36.0. The van der Waals surface area contributed by atoms with Gasteiger partial charge in [0.25, 0.3) is 0 Å². The molecule has 0 radical (unpaired) electrons. The van der Waals surface area contributed by atoms with E-state index in [2.05, 4.69) is 93.6 Å². The van der Waals surface area contributed by atoms with Gasteiger partial charge in [0.1, 0.15) is 0 Å². The van der Waals surface area contributed by atoms with Gasteiger partial charge in [-0.05, 0) is 80.3 Å². The molecule has 0 N–H and O–H groups in total. The molecule has 0 aliphatic heterocycles. The first-order chi connectivity index (χ1) is 23.1. The first kappa shape index (κ1) is 42.1. The van der Waals surface area contributed by atoms with Crippen LogP contribution in [-0.2, 0) is 27.2 Å². The second-order valence-electron chi connectivity index (χ2n) is 11.7. The Bertz CT molecular complexity index is 1690. The van der Waals surface area contributed by atoms with Gasteiger partial charge in [-0.25, -0.2) is 8.42 Å². The second-order valence-corrected chi connectivity index (χ2v) is 13.1. The van der Waals surface area contributed by atoms with E-state index in [1.807, 2.05) is 37.7 Å². The predicted octanol–water partition coefficient (Wildman–Crippen LogP) is 7.68. The van der Waals surface area contributed by atoms with Crippen molar-refractivity contribution in [2.75, 3.05) is 0 Å². The number of nitrogens with zero attached hydrogens (tertiary/aromatic N) is 3. The maximum Gasteiger partial charge on any atom is 2.00 e. The molecule has 1 aliphatic rings. The van der Waals surface area contributed by atoms with Crippen LogP contribution in [0.2, 0.25) is 0 Å². The van der Waals surface area contributed by atoms with Crippen LogP contribution in [0, 0.1) is 27.7 Å². The molecule has 0 spiro atoms. The fourth-order valence-electron chi connectivity index (χ4n) is 4.90. The van der Waals surface area contributed by atoms with Crippen LogP contribution in [0.25, 0.3) is 0 Å². The molecule has 266 valence electrons. The number of aryl methyl sites for hydroxylation is 4. The zero-order valence-electron chi connectivity index (χ0n) is 28.2. The maximum atomic E-state index is 10.7. The van der Waals surface area contributed by atoms with E-state index >= 15 is 0 Å². The fourth-order valence-corrected chi connectivity index (χ4v) is 4.90. The van der Waals surface area contributed by atoms with Crippen LogP contribution in [0.15, 0.2) is 112 Å². The van der Waals surface area contributed by atoms with Crippen LogP contribution >= 0.6 is 0 Å². The topological polar surface area (TPSA) is 117 Å². The molecule has 12 heteroatoms. The van der Waals surface area contributed by atoms with E-state index in [1.165, 1.54) is 33.4 Å². The molecular formula is C38H40F3FeN3O4S. The summed E-state index contributed by atoms with van der Waals surface area (Å²) in [4.78, 5) is 15.0. The zero-order valence-corrected chi connectivity index (χ0v) is 30.1. The van der Waals surface area contributed by atoms with Crippen molar-refractivity contribution in [1.29, 1.82) is 0 Å². The van der Waals surface area contributed by atoms with Gasteiger partial charge in [-0.2, -0.15) is 13.2 Å². The molecule has 0 unspecified atom stereocenters. The summed E-state index contributed by atoms with van der Waals surface area (Å²) in [5.74, 6) is 0.118. The van der Waals surface area contributed by atoms with E-state index in [4.69, 9.17) is 27.9 Å². The monoisotopic (exact) mass is 747 g/mol. The Morgan fingerprint density at radius 2 is 0.840 bits per heavy atom. The van der Waals surface area contributed by atoms with Gasteiger partial charge in [0.05, 0.1) is 18.1 Å². The van der Waals surface area contributed by atoms with E-state index in [9.17, 15) is 18.3 Å². The number of halogens is 3. The Balaban J connectivity index is 0.000000421. The molecule has 0 heterocycles. The van der Waals surface area contributed by atoms with Crippen LogP contribution in [0.3, 0.4) is 0 Å². The smallest absolute Gasteiger partial charge is 0.872 e. The fraction of sp³-hybridized carbons (Fsp3) is 0.289. The summed E-state index contributed by atoms with van der Waals surface area (Å²) in [6.45, 7) is 8.20. The summed E-state index contributed by atoms with van der Waals surface area (Å²) in [5, 5.41) is 10.6. The number of para-hydroxylation sites is 1. The Morgan fingerprint density at radius 3 is 1.06 bits per heavy atom. The number of benzene rings is 4. The Hall–Kier alpha value is -4.09. The minimum absolute atomic E-state index is 0. The SMILES string of the molecule is Cc1ccccc1C=NC1CC(N=Cc2ccccc2C)CC(N=Cc2ccccc2C)C1.Cc1ccccc1[O-].O=S(=O)([O-])C(F)(F)F.[Fe+2]. The van der Waals surface area contributed by atoms with Crippen LogP contribution in [-0.4, -0.2) is 55.2 Å². The third-order valence-corrected chi connectivity index (χ3v) is 8.42. The van der Waals surface area contributed by atoms with E-state index < -0.39 is 15.6 Å². The average molecular weight is 748 g/mol. The third-order valence-electron chi connectivity index (χ3n) is 7.85.